The van der Waals surface area contributed by atoms with Gasteiger partial charge in [0.15, 0.2) is 0 Å². The van der Waals surface area contributed by atoms with E-state index in [4.69, 9.17) is 9.78 Å². The Balaban J connectivity index is 2.05. The third-order valence-electron chi connectivity index (χ3n) is 2.43. The molecule has 20 heavy (non-hydrogen) atoms. The van der Waals surface area contributed by atoms with Crippen molar-refractivity contribution in [1.29, 1.82) is 5.26 Å². The Bertz CT molecular complexity index is 818. The van der Waals surface area contributed by atoms with Crippen LogP contribution in [0, 0.1) is 11.3 Å². The first-order valence-electron chi connectivity index (χ1n) is 5.28. The van der Waals surface area contributed by atoms with Gasteiger partial charge in [0.25, 0.3) is 5.89 Å². The van der Waals surface area contributed by atoms with Gasteiger partial charge in [0.1, 0.15) is 17.5 Å². The first-order valence-corrected chi connectivity index (χ1v) is 6.86. The quantitative estimate of drug-likeness (QED) is 0.715. The Morgan fingerprint density at radius 2 is 2.15 bits per heavy atom. The molecule has 0 atom stereocenters. The maximum atomic E-state index is 8.93. The Kier molecular flexibility index (Phi) is 3.33. The average molecular weight is 396 g/mol. The number of nitrogens with zero attached hydrogens (tertiary/aromatic N) is 5. The lowest BCUT2D eigenvalue weighted by Gasteiger charge is -1.97. The predicted octanol–water partition coefficient (Wildman–Crippen LogP) is 2.92. The van der Waals surface area contributed by atoms with Crippen molar-refractivity contribution in [3.8, 4) is 29.0 Å². The highest BCUT2D eigenvalue weighted by molar-refractivity contribution is 9.11. The molecule has 3 aromatic rings. The summed E-state index contributed by atoms with van der Waals surface area (Å²) in [6.45, 7) is 0. The molecular formula is C11H4Br2N6O. The molecular weight excluding hydrogens is 392 g/mol. The van der Waals surface area contributed by atoms with Crippen molar-refractivity contribution in [2.75, 3.05) is 0 Å². The lowest BCUT2D eigenvalue weighted by Crippen LogP contribution is -1.88. The number of aromatic amines is 1. The number of pyridine rings is 1. The minimum absolute atomic E-state index is 0.210. The van der Waals surface area contributed by atoms with Gasteiger partial charge in [-0.3, -0.25) is 10.1 Å². The van der Waals surface area contributed by atoms with Crippen LogP contribution in [-0.2, 0) is 0 Å². The van der Waals surface area contributed by atoms with Crippen molar-refractivity contribution in [1.82, 2.24) is 25.3 Å². The summed E-state index contributed by atoms with van der Waals surface area (Å²) >= 11 is 6.70. The summed E-state index contributed by atoms with van der Waals surface area (Å²) in [6.07, 6.45) is 3.09. The van der Waals surface area contributed by atoms with E-state index in [2.05, 4.69) is 57.2 Å². The number of halogens is 2. The average Bonchev–Trinajstić information content (AvgIpc) is 3.06. The molecule has 0 radical (unpaired) electrons. The number of hydrogen-bond donors (Lipinski definition) is 1. The number of H-pyrrole nitrogens is 1. The van der Waals surface area contributed by atoms with Gasteiger partial charge >= 0.3 is 0 Å². The summed E-state index contributed by atoms with van der Waals surface area (Å²) in [5.41, 5.74) is 1.27. The lowest BCUT2D eigenvalue weighted by molar-refractivity contribution is 0.432. The van der Waals surface area contributed by atoms with Crippen LogP contribution in [0.25, 0.3) is 23.0 Å². The van der Waals surface area contributed by atoms with E-state index in [0.29, 0.717) is 17.1 Å². The van der Waals surface area contributed by atoms with Gasteiger partial charge in [-0.15, -0.1) is 0 Å². The Hall–Kier alpha value is -2.05. The maximum absolute atomic E-state index is 8.93. The number of hydrogen-bond acceptors (Lipinski definition) is 6. The second-order valence-corrected chi connectivity index (χ2v) is 5.45. The molecule has 1 N–H and O–H groups in total. The van der Waals surface area contributed by atoms with Crippen molar-refractivity contribution < 1.29 is 4.52 Å². The van der Waals surface area contributed by atoms with Gasteiger partial charge in [-0.25, -0.2) is 0 Å². The van der Waals surface area contributed by atoms with Crippen LogP contribution in [0.4, 0.5) is 0 Å². The van der Waals surface area contributed by atoms with Crippen LogP contribution in [-0.4, -0.2) is 25.3 Å². The smallest absolute Gasteiger partial charge is 0.262 e. The van der Waals surface area contributed by atoms with Crippen LogP contribution in [0.3, 0.4) is 0 Å². The molecule has 0 unspecified atom stereocenters. The van der Waals surface area contributed by atoms with Gasteiger partial charge in [0.2, 0.25) is 5.82 Å². The van der Waals surface area contributed by atoms with Crippen molar-refractivity contribution in [3.63, 3.8) is 0 Å². The number of aromatic nitrogens is 5. The molecule has 3 heterocycles. The molecule has 0 amide bonds. The Morgan fingerprint density at radius 1 is 1.30 bits per heavy atom. The van der Waals surface area contributed by atoms with Gasteiger partial charge in [-0.05, 0) is 37.9 Å². The summed E-state index contributed by atoms with van der Waals surface area (Å²) in [7, 11) is 0. The SMILES string of the molecule is N#Cc1[nH]ncc1-c1nc(-c2ncc(Br)cc2Br)no1. The third-order valence-corrected chi connectivity index (χ3v) is 3.47. The molecule has 3 aromatic heterocycles. The van der Waals surface area contributed by atoms with Crippen molar-refractivity contribution >= 4 is 31.9 Å². The van der Waals surface area contributed by atoms with Crippen LogP contribution in [0.1, 0.15) is 5.69 Å². The normalized spacial score (nSPS) is 10.4. The standard InChI is InChI=1S/C11H4Br2N6O/c12-5-1-7(13)9(15-3-5)10-17-11(20-19-10)6-4-16-18-8(6)2-14/h1,3-4H,(H,16,18). The van der Waals surface area contributed by atoms with E-state index in [1.165, 1.54) is 6.20 Å². The first kappa shape index (κ1) is 13.0. The third kappa shape index (κ3) is 2.23. The highest BCUT2D eigenvalue weighted by atomic mass is 79.9. The van der Waals surface area contributed by atoms with Gasteiger partial charge in [-0.1, -0.05) is 5.16 Å². The van der Waals surface area contributed by atoms with Crippen molar-refractivity contribution in [3.05, 3.63) is 33.1 Å². The molecule has 9 heteroatoms. The predicted molar refractivity (Wildman–Crippen MR) is 75.2 cm³/mol. The number of nitrogens with one attached hydrogen (secondary N) is 1. The number of nitriles is 1. The van der Waals surface area contributed by atoms with Gasteiger partial charge in [0.05, 0.1) is 11.8 Å². The summed E-state index contributed by atoms with van der Waals surface area (Å²) in [5.74, 6) is 0.534. The molecule has 0 aliphatic heterocycles. The highest BCUT2D eigenvalue weighted by Gasteiger charge is 2.18. The second kappa shape index (κ2) is 5.15. The van der Waals surface area contributed by atoms with E-state index in [1.54, 1.807) is 6.20 Å². The molecule has 0 aliphatic rings. The molecule has 0 spiro atoms. The highest BCUT2D eigenvalue weighted by Crippen LogP contribution is 2.28. The van der Waals surface area contributed by atoms with Crippen LogP contribution >= 0.6 is 31.9 Å². The molecule has 0 aromatic carbocycles. The summed E-state index contributed by atoms with van der Waals surface area (Å²) < 4.78 is 6.71. The first-order chi connectivity index (χ1) is 9.69. The van der Waals surface area contributed by atoms with Crippen molar-refractivity contribution in [2.24, 2.45) is 0 Å². The zero-order chi connectivity index (χ0) is 14.1. The maximum Gasteiger partial charge on any atom is 0.262 e. The monoisotopic (exact) mass is 394 g/mol. The zero-order valence-corrected chi connectivity index (χ0v) is 12.8. The van der Waals surface area contributed by atoms with Crippen LogP contribution in [0.5, 0.6) is 0 Å². The van der Waals surface area contributed by atoms with E-state index in [0.717, 1.165) is 8.95 Å². The van der Waals surface area contributed by atoms with Gasteiger partial charge in [0, 0.05) is 15.1 Å². The van der Waals surface area contributed by atoms with Gasteiger partial charge < -0.3 is 4.52 Å². The lowest BCUT2D eigenvalue weighted by atomic mass is 10.2. The minimum atomic E-state index is 0.210. The van der Waals surface area contributed by atoms with E-state index in [-0.39, 0.29) is 11.6 Å². The molecule has 0 aliphatic carbocycles. The van der Waals surface area contributed by atoms with E-state index < -0.39 is 0 Å². The molecule has 98 valence electrons. The molecule has 0 fully saturated rings. The van der Waals surface area contributed by atoms with E-state index in [1.807, 2.05) is 12.1 Å². The fraction of sp³-hybridized carbons (Fsp3) is 0. The van der Waals surface area contributed by atoms with Gasteiger partial charge in [-0.2, -0.15) is 15.3 Å². The topological polar surface area (TPSA) is 104 Å². The van der Waals surface area contributed by atoms with Crippen LogP contribution < -0.4 is 0 Å². The largest absolute Gasteiger partial charge is 0.333 e. The molecule has 0 bridgehead atoms. The van der Waals surface area contributed by atoms with E-state index >= 15 is 0 Å². The summed E-state index contributed by atoms with van der Waals surface area (Å²) in [4.78, 5) is 8.44. The summed E-state index contributed by atoms with van der Waals surface area (Å²) in [5, 5.41) is 19.1. The van der Waals surface area contributed by atoms with Crippen LogP contribution in [0.2, 0.25) is 0 Å². The molecule has 0 saturated heterocycles. The van der Waals surface area contributed by atoms with E-state index in [9.17, 15) is 0 Å². The fourth-order valence-corrected chi connectivity index (χ4v) is 2.71. The summed E-state index contributed by atoms with van der Waals surface area (Å²) in [6, 6.07) is 3.80. The zero-order valence-electron chi connectivity index (χ0n) is 9.63. The number of rotatable bonds is 2. The van der Waals surface area contributed by atoms with Crippen LogP contribution in [0.15, 0.2) is 31.9 Å². The molecule has 3 rings (SSSR count). The second-order valence-electron chi connectivity index (χ2n) is 3.68. The molecule has 0 saturated carbocycles. The molecule has 7 nitrogen and oxygen atoms in total. The Morgan fingerprint density at radius 3 is 2.90 bits per heavy atom. The fourth-order valence-electron chi connectivity index (χ4n) is 1.54. The van der Waals surface area contributed by atoms with Crippen molar-refractivity contribution in [2.45, 2.75) is 0 Å². The Labute approximate surface area is 129 Å². The minimum Gasteiger partial charge on any atom is -0.333 e.